The standard InChI is InChI=1S/C9H12ClN5.2ClH.Fe/c1-11-13-5-8-3-7(10)4-9(15-8)6-14-12-2;;;/h3-6,11-12H,1-2H3;2*1H;/q;;;+2/p-2. The van der Waals surface area contributed by atoms with E-state index in [1.54, 1.807) is 38.7 Å². The first-order chi connectivity index (χ1) is 7.26. The fourth-order valence-corrected chi connectivity index (χ4v) is 1.16. The third-order valence-electron chi connectivity index (χ3n) is 1.48. The third kappa shape index (κ3) is 8.55. The van der Waals surface area contributed by atoms with E-state index in [1.807, 2.05) is 0 Å². The molecule has 18 heavy (non-hydrogen) atoms. The summed E-state index contributed by atoms with van der Waals surface area (Å²) in [6.45, 7) is 0. The maximum absolute atomic E-state index is 5.90. The number of hydrogen-bond acceptors (Lipinski definition) is 5. The molecule has 1 heterocycles. The largest absolute Gasteiger partial charge is 2.00 e. The Morgan fingerprint density at radius 2 is 1.44 bits per heavy atom. The molecule has 0 unspecified atom stereocenters. The van der Waals surface area contributed by atoms with Crippen LogP contribution in [0.3, 0.4) is 0 Å². The zero-order chi connectivity index (χ0) is 11.1. The minimum atomic E-state index is 0. The van der Waals surface area contributed by atoms with Crippen molar-refractivity contribution in [2.75, 3.05) is 14.1 Å². The summed E-state index contributed by atoms with van der Waals surface area (Å²) in [5, 5.41) is 8.29. The Bertz CT molecular complexity index is 354. The van der Waals surface area contributed by atoms with Crippen LogP contribution in [0.1, 0.15) is 11.4 Å². The summed E-state index contributed by atoms with van der Waals surface area (Å²) in [5.41, 5.74) is 6.63. The fourth-order valence-electron chi connectivity index (χ4n) is 0.931. The van der Waals surface area contributed by atoms with Crippen LogP contribution in [0.25, 0.3) is 0 Å². The molecule has 0 spiro atoms. The second kappa shape index (κ2) is 12.9. The zero-order valence-electron chi connectivity index (χ0n) is 9.64. The van der Waals surface area contributed by atoms with E-state index in [2.05, 4.69) is 26.0 Å². The molecule has 0 atom stereocenters. The van der Waals surface area contributed by atoms with E-state index >= 15 is 0 Å². The van der Waals surface area contributed by atoms with Crippen LogP contribution in [0, 0.1) is 0 Å². The minimum Gasteiger partial charge on any atom is -1.00 e. The van der Waals surface area contributed by atoms with Gasteiger partial charge in [-0.15, -0.1) is 0 Å². The van der Waals surface area contributed by atoms with Crippen LogP contribution in [-0.4, -0.2) is 31.5 Å². The van der Waals surface area contributed by atoms with Crippen molar-refractivity contribution in [2.24, 2.45) is 10.2 Å². The van der Waals surface area contributed by atoms with Gasteiger partial charge < -0.3 is 35.7 Å². The molecule has 0 aromatic carbocycles. The van der Waals surface area contributed by atoms with E-state index in [9.17, 15) is 0 Å². The summed E-state index contributed by atoms with van der Waals surface area (Å²) >= 11 is 5.90. The first-order valence-electron chi connectivity index (χ1n) is 4.33. The molecular formula is C9H12Cl3FeN5. The topological polar surface area (TPSA) is 61.7 Å². The van der Waals surface area contributed by atoms with Crippen molar-refractivity contribution in [1.82, 2.24) is 15.8 Å². The Hall–Kier alpha value is -0.521. The summed E-state index contributed by atoms with van der Waals surface area (Å²) in [6, 6.07) is 3.44. The predicted octanol–water partition coefficient (Wildman–Crippen LogP) is -5.15. The van der Waals surface area contributed by atoms with Gasteiger partial charge in [0.2, 0.25) is 0 Å². The summed E-state index contributed by atoms with van der Waals surface area (Å²) in [4.78, 5) is 4.25. The first kappa shape index (κ1) is 22.6. The number of hydrogen-bond donors (Lipinski definition) is 2. The van der Waals surface area contributed by atoms with Crippen molar-refractivity contribution in [3.63, 3.8) is 0 Å². The number of rotatable bonds is 4. The first-order valence-corrected chi connectivity index (χ1v) is 4.71. The van der Waals surface area contributed by atoms with Gasteiger partial charge in [-0.05, 0) is 12.1 Å². The van der Waals surface area contributed by atoms with Gasteiger partial charge in [-0.3, -0.25) is 0 Å². The van der Waals surface area contributed by atoms with E-state index in [-0.39, 0.29) is 41.9 Å². The third-order valence-corrected chi connectivity index (χ3v) is 1.70. The molecule has 1 aromatic heterocycles. The zero-order valence-corrected chi connectivity index (χ0v) is 13.0. The van der Waals surface area contributed by atoms with Crippen molar-refractivity contribution in [3.8, 4) is 0 Å². The Kier molecular flexibility index (Phi) is 16.3. The van der Waals surface area contributed by atoms with Gasteiger partial charge in [0.25, 0.3) is 0 Å². The van der Waals surface area contributed by atoms with E-state index < -0.39 is 0 Å². The van der Waals surface area contributed by atoms with Crippen molar-refractivity contribution >= 4 is 24.0 Å². The van der Waals surface area contributed by atoms with Crippen LogP contribution < -0.4 is 35.7 Å². The molecule has 0 saturated heterocycles. The summed E-state index contributed by atoms with van der Waals surface area (Å²) in [6.07, 6.45) is 3.17. The van der Waals surface area contributed by atoms with E-state index in [0.29, 0.717) is 16.4 Å². The SMILES string of the molecule is CNN=Cc1cc(Cl)cc(C=NNC)n1.[Cl-].[Cl-].[Fe+2]. The van der Waals surface area contributed by atoms with E-state index in [0.717, 1.165) is 0 Å². The summed E-state index contributed by atoms with van der Waals surface area (Å²) < 4.78 is 0. The summed E-state index contributed by atoms with van der Waals surface area (Å²) in [5.74, 6) is 0. The molecule has 0 amide bonds. The molecule has 1 aromatic rings. The normalized spacial score (nSPS) is 9.28. The average Bonchev–Trinajstić information content (AvgIpc) is 2.23. The number of nitrogens with zero attached hydrogens (tertiary/aromatic N) is 3. The molecule has 0 fully saturated rings. The number of halogens is 3. The molecule has 0 aliphatic carbocycles. The monoisotopic (exact) mass is 351 g/mol. The van der Waals surface area contributed by atoms with Gasteiger partial charge in [0, 0.05) is 19.1 Å². The van der Waals surface area contributed by atoms with E-state index in [4.69, 9.17) is 11.6 Å². The molecular weight excluding hydrogens is 340 g/mol. The molecule has 0 radical (unpaired) electrons. The van der Waals surface area contributed by atoms with Crippen molar-refractivity contribution < 1.29 is 41.9 Å². The minimum absolute atomic E-state index is 0. The van der Waals surface area contributed by atoms with Gasteiger partial charge in [0.15, 0.2) is 0 Å². The maximum Gasteiger partial charge on any atom is 2.00 e. The number of nitrogens with one attached hydrogen (secondary N) is 2. The van der Waals surface area contributed by atoms with Gasteiger partial charge in [-0.1, -0.05) is 11.6 Å². The van der Waals surface area contributed by atoms with Crippen molar-refractivity contribution in [2.45, 2.75) is 0 Å². The Morgan fingerprint density at radius 3 is 1.78 bits per heavy atom. The summed E-state index contributed by atoms with van der Waals surface area (Å²) in [7, 11) is 3.43. The maximum atomic E-state index is 5.90. The molecule has 1 rings (SSSR count). The second-order valence-corrected chi connectivity index (χ2v) is 3.04. The molecule has 0 bridgehead atoms. The second-order valence-electron chi connectivity index (χ2n) is 2.60. The molecule has 0 aliphatic heterocycles. The van der Waals surface area contributed by atoms with Crippen molar-refractivity contribution in [3.05, 3.63) is 28.5 Å². The number of pyridine rings is 1. The van der Waals surface area contributed by atoms with Crippen LogP contribution in [0.15, 0.2) is 22.3 Å². The van der Waals surface area contributed by atoms with E-state index in [1.165, 1.54) is 0 Å². The Balaban J connectivity index is -0.000000750. The molecule has 9 heteroatoms. The van der Waals surface area contributed by atoms with Gasteiger partial charge in [0.1, 0.15) is 0 Å². The van der Waals surface area contributed by atoms with Crippen LogP contribution in [0.5, 0.6) is 0 Å². The molecule has 0 aliphatic rings. The smallest absolute Gasteiger partial charge is 1.00 e. The van der Waals surface area contributed by atoms with Crippen LogP contribution in [0.4, 0.5) is 0 Å². The Morgan fingerprint density at radius 1 is 1.06 bits per heavy atom. The molecule has 5 nitrogen and oxygen atoms in total. The quantitative estimate of drug-likeness (QED) is 0.324. The van der Waals surface area contributed by atoms with Gasteiger partial charge >= 0.3 is 17.1 Å². The number of aromatic nitrogens is 1. The number of hydrazone groups is 2. The van der Waals surface area contributed by atoms with Gasteiger partial charge in [0.05, 0.1) is 23.8 Å². The van der Waals surface area contributed by atoms with Gasteiger partial charge in [-0.25, -0.2) is 4.98 Å². The predicted molar refractivity (Wildman–Crippen MR) is 62.6 cm³/mol. The van der Waals surface area contributed by atoms with Gasteiger partial charge in [-0.2, -0.15) is 10.2 Å². The van der Waals surface area contributed by atoms with Crippen LogP contribution >= 0.6 is 11.6 Å². The van der Waals surface area contributed by atoms with Crippen LogP contribution in [-0.2, 0) is 17.1 Å². The molecule has 0 saturated carbocycles. The fraction of sp³-hybridized carbons (Fsp3) is 0.222. The average molecular weight is 352 g/mol. The van der Waals surface area contributed by atoms with Crippen LogP contribution in [0.2, 0.25) is 5.02 Å². The molecule has 102 valence electrons. The Labute approximate surface area is 134 Å². The molecule has 2 N–H and O–H groups in total. The van der Waals surface area contributed by atoms with Crippen molar-refractivity contribution in [1.29, 1.82) is 0 Å².